The van der Waals surface area contributed by atoms with Crippen molar-refractivity contribution in [3.05, 3.63) is 29.8 Å². The molecular formula is C13H16N2O2. The molecule has 0 bridgehead atoms. The van der Waals surface area contributed by atoms with Crippen LogP contribution in [0.25, 0.3) is 0 Å². The summed E-state index contributed by atoms with van der Waals surface area (Å²) in [5.41, 5.74) is 7.52. The molecule has 0 spiro atoms. The Morgan fingerprint density at radius 3 is 2.24 bits per heavy atom. The van der Waals surface area contributed by atoms with Crippen LogP contribution in [0.15, 0.2) is 24.3 Å². The van der Waals surface area contributed by atoms with Gasteiger partial charge in [0.1, 0.15) is 0 Å². The SMILES string of the molecule is Nc1ccc(CCCN2C(=O)CCC2=O)cc1. The molecule has 1 fully saturated rings. The monoisotopic (exact) mass is 232 g/mol. The van der Waals surface area contributed by atoms with E-state index in [1.54, 1.807) is 0 Å². The zero-order valence-electron chi connectivity index (χ0n) is 9.69. The third-order valence-electron chi connectivity index (χ3n) is 2.98. The van der Waals surface area contributed by atoms with E-state index in [4.69, 9.17) is 5.73 Å². The van der Waals surface area contributed by atoms with E-state index in [9.17, 15) is 9.59 Å². The van der Waals surface area contributed by atoms with Gasteiger partial charge < -0.3 is 5.73 Å². The van der Waals surface area contributed by atoms with Gasteiger partial charge in [0.15, 0.2) is 0 Å². The van der Waals surface area contributed by atoms with Crippen molar-refractivity contribution in [1.29, 1.82) is 0 Å². The highest BCUT2D eigenvalue weighted by Gasteiger charge is 2.27. The van der Waals surface area contributed by atoms with Crippen LogP contribution in [0.3, 0.4) is 0 Å². The second-order valence-electron chi connectivity index (χ2n) is 4.28. The number of rotatable bonds is 4. The van der Waals surface area contributed by atoms with Crippen LogP contribution in [-0.4, -0.2) is 23.3 Å². The quantitative estimate of drug-likeness (QED) is 0.629. The molecule has 1 aromatic carbocycles. The third-order valence-corrected chi connectivity index (χ3v) is 2.98. The molecule has 90 valence electrons. The second kappa shape index (κ2) is 4.99. The Labute approximate surface area is 100 Å². The third kappa shape index (κ3) is 2.84. The number of nitrogens with two attached hydrogens (primary N) is 1. The van der Waals surface area contributed by atoms with Crippen LogP contribution in [0.2, 0.25) is 0 Å². The summed E-state index contributed by atoms with van der Waals surface area (Å²) in [6, 6.07) is 7.68. The summed E-state index contributed by atoms with van der Waals surface area (Å²) in [7, 11) is 0. The first kappa shape index (κ1) is 11.6. The maximum Gasteiger partial charge on any atom is 0.229 e. The van der Waals surface area contributed by atoms with E-state index in [1.807, 2.05) is 24.3 Å². The van der Waals surface area contributed by atoms with Crippen LogP contribution in [-0.2, 0) is 16.0 Å². The van der Waals surface area contributed by atoms with Crippen molar-refractivity contribution < 1.29 is 9.59 Å². The van der Waals surface area contributed by atoms with Crippen molar-refractivity contribution in [1.82, 2.24) is 4.90 Å². The summed E-state index contributed by atoms with van der Waals surface area (Å²) < 4.78 is 0. The van der Waals surface area contributed by atoms with E-state index in [2.05, 4.69) is 0 Å². The zero-order chi connectivity index (χ0) is 12.3. The first-order valence-corrected chi connectivity index (χ1v) is 5.84. The summed E-state index contributed by atoms with van der Waals surface area (Å²) in [5, 5.41) is 0. The van der Waals surface area contributed by atoms with E-state index >= 15 is 0 Å². The van der Waals surface area contributed by atoms with Crippen molar-refractivity contribution in [3.8, 4) is 0 Å². The number of hydrogen-bond donors (Lipinski definition) is 1. The van der Waals surface area contributed by atoms with E-state index in [-0.39, 0.29) is 11.8 Å². The van der Waals surface area contributed by atoms with Crippen LogP contribution in [0.1, 0.15) is 24.8 Å². The van der Waals surface area contributed by atoms with Gasteiger partial charge >= 0.3 is 0 Å². The molecule has 0 aromatic heterocycles. The Kier molecular flexibility index (Phi) is 3.42. The number of imide groups is 1. The second-order valence-corrected chi connectivity index (χ2v) is 4.28. The van der Waals surface area contributed by atoms with Gasteiger partial charge in [0.25, 0.3) is 0 Å². The molecule has 4 heteroatoms. The van der Waals surface area contributed by atoms with E-state index < -0.39 is 0 Å². The van der Waals surface area contributed by atoms with Gasteiger partial charge in [0.2, 0.25) is 11.8 Å². The van der Waals surface area contributed by atoms with Crippen LogP contribution in [0.4, 0.5) is 5.69 Å². The molecule has 0 unspecified atom stereocenters. The fraction of sp³-hybridized carbons (Fsp3) is 0.385. The molecule has 0 radical (unpaired) electrons. The molecule has 1 heterocycles. The van der Waals surface area contributed by atoms with Crippen LogP contribution < -0.4 is 5.73 Å². The summed E-state index contributed by atoms with van der Waals surface area (Å²) in [4.78, 5) is 24.1. The highest BCUT2D eigenvalue weighted by molar-refractivity contribution is 6.01. The molecule has 2 rings (SSSR count). The summed E-state index contributed by atoms with van der Waals surface area (Å²) in [5.74, 6) is -0.0698. The maximum absolute atomic E-state index is 11.4. The lowest BCUT2D eigenvalue weighted by molar-refractivity contribution is -0.138. The minimum absolute atomic E-state index is 0.0349. The molecule has 0 aliphatic carbocycles. The molecule has 1 saturated heterocycles. The van der Waals surface area contributed by atoms with Crippen molar-refractivity contribution in [2.24, 2.45) is 0 Å². The van der Waals surface area contributed by atoms with Crippen molar-refractivity contribution in [2.75, 3.05) is 12.3 Å². The summed E-state index contributed by atoms with van der Waals surface area (Å²) in [6.45, 7) is 0.530. The minimum atomic E-state index is -0.0349. The van der Waals surface area contributed by atoms with Gasteiger partial charge in [-0.15, -0.1) is 0 Å². The van der Waals surface area contributed by atoms with Crippen molar-refractivity contribution in [3.63, 3.8) is 0 Å². The van der Waals surface area contributed by atoms with Gasteiger partial charge in [-0.1, -0.05) is 12.1 Å². The minimum Gasteiger partial charge on any atom is -0.399 e. The van der Waals surface area contributed by atoms with E-state index in [0.717, 1.165) is 18.5 Å². The van der Waals surface area contributed by atoms with Gasteiger partial charge in [0, 0.05) is 25.1 Å². The lowest BCUT2D eigenvalue weighted by atomic mass is 10.1. The Balaban J connectivity index is 1.81. The van der Waals surface area contributed by atoms with Crippen LogP contribution in [0.5, 0.6) is 0 Å². The average molecular weight is 232 g/mol. The molecule has 1 aromatic rings. The molecule has 2 N–H and O–H groups in total. The molecule has 1 aliphatic heterocycles. The van der Waals surface area contributed by atoms with Gasteiger partial charge in [-0.25, -0.2) is 0 Å². The number of nitrogens with zero attached hydrogens (tertiary/aromatic N) is 1. The lowest BCUT2D eigenvalue weighted by Crippen LogP contribution is -2.30. The number of hydrogen-bond acceptors (Lipinski definition) is 3. The summed E-state index contributed by atoms with van der Waals surface area (Å²) >= 11 is 0. The molecule has 2 amide bonds. The number of carbonyl (C=O) groups is 2. The number of anilines is 1. The topological polar surface area (TPSA) is 63.4 Å². The summed E-state index contributed by atoms with van der Waals surface area (Å²) in [6.07, 6.45) is 2.42. The van der Waals surface area contributed by atoms with Gasteiger partial charge in [-0.3, -0.25) is 14.5 Å². The fourth-order valence-electron chi connectivity index (χ4n) is 2.00. The smallest absolute Gasteiger partial charge is 0.229 e. The number of nitrogen functional groups attached to an aromatic ring is 1. The predicted octanol–water partition coefficient (Wildman–Crippen LogP) is 1.35. The molecule has 0 atom stereocenters. The number of likely N-dealkylation sites (tertiary alicyclic amines) is 1. The van der Waals surface area contributed by atoms with E-state index in [0.29, 0.717) is 19.4 Å². The Hall–Kier alpha value is -1.84. The van der Waals surface area contributed by atoms with Crippen molar-refractivity contribution >= 4 is 17.5 Å². The van der Waals surface area contributed by atoms with Crippen molar-refractivity contribution in [2.45, 2.75) is 25.7 Å². The molecular weight excluding hydrogens is 216 g/mol. The van der Waals surface area contributed by atoms with Gasteiger partial charge in [-0.2, -0.15) is 0 Å². The van der Waals surface area contributed by atoms with Crippen LogP contribution in [0, 0.1) is 0 Å². The Bertz CT molecular complexity index is 410. The normalized spacial score (nSPS) is 15.6. The Morgan fingerprint density at radius 1 is 1.06 bits per heavy atom. The molecule has 17 heavy (non-hydrogen) atoms. The number of amides is 2. The fourth-order valence-corrected chi connectivity index (χ4v) is 2.00. The first-order chi connectivity index (χ1) is 8.16. The first-order valence-electron chi connectivity index (χ1n) is 5.84. The largest absolute Gasteiger partial charge is 0.399 e. The number of benzene rings is 1. The molecule has 0 saturated carbocycles. The lowest BCUT2D eigenvalue weighted by Gasteiger charge is -2.13. The average Bonchev–Trinajstić information content (AvgIpc) is 2.63. The van der Waals surface area contributed by atoms with Gasteiger partial charge in [-0.05, 0) is 30.5 Å². The Morgan fingerprint density at radius 2 is 1.65 bits per heavy atom. The molecule has 4 nitrogen and oxygen atoms in total. The highest BCUT2D eigenvalue weighted by atomic mass is 16.2. The predicted molar refractivity (Wildman–Crippen MR) is 65.1 cm³/mol. The standard InChI is InChI=1S/C13H16N2O2/c14-11-5-3-10(4-6-11)2-1-9-15-12(16)7-8-13(15)17/h3-6H,1-2,7-9,14H2. The maximum atomic E-state index is 11.4. The number of aryl methyl sites for hydroxylation is 1. The van der Waals surface area contributed by atoms with E-state index in [1.165, 1.54) is 10.5 Å². The highest BCUT2D eigenvalue weighted by Crippen LogP contribution is 2.13. The van der Waals surface area contributed by atoms with Crippen LogP contribution >= 0.6 is 0 Å². The molecule has 1 aliphatic rings. The number of carbonyl (C=O) groups excluding carboxylic acids is 2. The van der Waals surface area contributed by atoms with Gasteiger partial charge in [0.05, 0.1) is 0 Å². The zero-order valence-corrected chi connectivity index (χ0v) is 9.69.